The minimum atomic E-state index is -0.532. The Balaban J connectivity index is 2.40. The fourth-order valence-electron chi connectivity index (χ4n) is 1.18. The molecule has 5 N–H and O–H groups in total. The van der Waals surface area contributed by atoms with Crippen LogP contribution in [0, 0.1) is 5.92 Å². The van der Waals surface area contributed by atoms with Gasteiger partial charge in [-0.25, -0.2) is 0 Å². The molecule has 1 unspecified atom stereocenters. The summed E-state index contributed by atoms with van der Waals surface area (Å²) in [5.74, 6) is 0.924. The number of hydrogen-bond donors (Lipinski definition) is 3. The van der Waals surface area contributed by atoms with E-state index in [1.165, 1.54) is 23.1 Å². The summed E-state index contributed by atoms with van der Waals surface area (Å²) in [7, 11) is 0. The van der Waals surface area contributed by atoms with E-state index in [1.54, 1.807) is 11.4 Å². The van der Waals surface area contributed by atoms with E-state index in [2.05, 4.69) is 5.32 Å². The molecule has 0 aliphatic heterocycles. The van der Waals surface area contributed by atoms with Crippen molar-refractivity contribution in [2.75, 3.05) is 23.4 Å². The number of rotatable bonds is 7. The van der Waals surface area contributed by atoms with Gasteiger partial charge in [-0.2, -0.15) is 11.8 Å². The van der Waals surface area contributed by atoms with Gasteiger partial charge in [0.1, 0.15) is 5.00 Å². The van der Waals surface area contributed by atoms with Crippen LogP contribution >= 0.6 is 23.1 Å². The van der Waals surface area contributed by atoms with E-state index in [0.717, 1.165) is 5.75 Å². The van der Waals surface area contributed by atoms with Gasteiger partial charge in [0.05, 0.1) is 11.3 Å². The maximum Gasteiger partial charge on any atom is 0.251 e. The lowest BCUT2D eigenvalue weighted by molar-refractivity contribution is -0.113. The summed E-state index contributed by atoms with van der Waals surface area (Å²) in [6, 6.07) is 1.60. The van der Waals surface area contributed by atoms with Crippen LogP contribution < -0.4 is 16.8 Å². The fourth-order valence-corrected chi connectivity index (χ4v) is 2.91. The van der Waals surface area contributed by atoms with Crippen LogP contribution in [0.1, 0.15) is 17.3 Å². The van der Waals surface area contributed by atoms with Crippen LogP contribution in [0.25, 0.3) is 0 Å². The molecule has 1 heterocycles. The van der Waals surface area contributed by atoms with Crippen LogP contribution in [0.2, 0.25) is 0 Å². The predicted molar refractivity (Wildman–Crippen MR) is 77.0 cm³/mol. The number of nitrogens with one attached hydrogen (secondary N) is 1. The number of thioether (sulfide) groups is 1. The molecule has 0 bridgehead atoms. The van der Waals surface area contributed by atoms with Gasteiger partial charge in [0.2, 0.25) is 5.91 Å². The first kappa shape index (κ1) is 15.0. The second kappa shape index (κ2) is 7.40. The fraction of sp³-hybridized carbons (Fsp3) is 0.455. The Kier molecular flexibility index (Phi) is 6.17. The van der Waals surface area contributed by atoms with Crippen LogP contribution in [0.15, 0.2) is 11.4 Å². The van der Waals surface area contributed by atoms with Gasteiger partial charge in [-0.15, -0.1) is 11.3 Å². The largest absolute Gasteiger partial charge is 0.366 e. The van der Waals surface area contributed by atoms with Crippen molar-refractivity contribution in [1.29, 1.82) is 0 Å². The minimum absolute atomic E-state index is 0.130. The Bertz CT molecular complexity index is 420. The smallest absolute Gasteiger partial charge is 0.251 e. The van der Waals surface area contributed by atoms with Crippen molar-refractivity contribution in [2.45, 2.75) is 6.92 Å². The Morgan fingerprint density at radius 3 is 2.89 bits per heavy atom. The number of amides is 2. The molecule has 0 radical (unpaired) electrons. The normalized spacial score (nSPS) is 12.1. The number of primary amides is 1. The maximum atomic E-state index is 11.6. The van der Waals surface area contributed by atoms with Crippen LogP contribution in [-0.4, -0.2) is 29.9 Å². The Labute approximate surface area is 114 Å². The van der Waals surface area contributed by atoms with Gasteiger partial charge in [-0.3, -0.25) is 9.59 Å². The lowest BCUT2D eigenvalue weighted by Gasteiger charge is -2.08. The van der Waals surface area contributed by atoms with Crippen molar-refractivity contribution in [3.05, 3.63) is 17.0 Å². The van der Waals surface area contributed by atoms with E-state index in [0.29, 0.717) is 28.8 Å². The molecule has 18 heavy (non-hydrogen) atoms. The van der Waals surface area contributed by atoms with Crippen LogP contribution in [0.5, 0.6) is 0 Å². The lowest BCUT2D eigenvalue weighted by atomic mass is 10.2. The molecule has 7 heteroatoms. The van der Waals surface area contributed by atoms with E-state index in [9.17, 15) is 9.59 Å². The highest BCUT2D eigenvalue weighted by Gasteiger charge is 2.12. The molecular weight excluding hydrogens is 270 g/mol. The number of nitrogens with two attached hydrogens (primary N) is 2. The van der Waals surface area contributed by atoms with Crippen molar-refractivity contribution in [3.8, 4) is 0 Å². The SMILES string of the molecule is CC(CN)CSCC(=O)Nc1sccc1C(N)=O. The summed E-state index contributed by atoms with van der Waals surface area (Å²) >= 11 is 2.81. The molecule has 0 saturated carbocycles. The second-order valence-electron chi connectivity index (χ2n) is 3.93. The summed E-state index contributed by atoms with van der Waals surface area (Å²) < 4.78 is 0. The highest BCUT2D eigenvalue weighted by molar-refractivity contribution is 7.99. The van der Waals surface area contributed by atoms with E-state index >= 15 is 0 Å². The van der Waals surface area contributed by atoms with Crippen molar-refractivity contribution < 1.29 is 9.59 Å². The molecular formula is C11H17N3O2S2. The topological polar surface area (TPSA) is 98.2 Å². The third-order valence-electron chi connectivity index (χ3n) is 2.22. The molecule has 0 aliphatic carbocycles. The van der Waals surface area contributed by atoms with Crippen molar-refractivity contribution >= 4 is 39.9 Å². The van der Waals surface area contributed by atoms with Crippen molar-refractivity contribution in [3.63, 3.8) is 0 Å². The Hall–Kier alpha value is -1.05. The highest BCUT2D eigenvalue weighted by Crippen LogP contribution is 2.22. The average Bonchev–Trinajstić information content (AvgIpc) is 2.76. The van der Waals surface area contributed by atoms with Gasteiger partial charge >= 0.3 is 0 Å². The highest BCUT2D eigenvalue weighted by atomic mass is 32.2. The molecule has 2 amide bonds. The summed E-state index contributed by atoms with van der Waals surface area (Å²) in [6.07, 6.45) is 0. The molecule has 100 valence electrons. The summed E-state index contributed by atoms with van der Waals surface area (Å²) in [5, 5.41) is 4.93. The zero-order valence-electron chi connectivity index (χ0n) is 10.1. The van der Waals surface area contributed by atoms with E-state index in [4.69, 9.17) is 11.5 Å². The van der Waals surface area contributed by atoms with E-state index in [1.807, 2.05) is 6.92 Å². The summed E-state index contributed by atoms with van der Waals surface area (Å²) in [5.41, 5.74) is 11.0. The summed E-state index contributed by atoms with van der Waals surface area (Å²) in [4.78, 5) is 22.7. The van der Waals surface area contributed by atoms with Crippen LogP contribution in [0.4, 0.5) is 5.00 Å². The standard InChI is InChI=1S/C11H17N3O2S2/c1-7(4-12)5-17-6-9(15)14-11-8(10(13)16)2-3-18-11/h2-3,7H,4-6,12H2,1H3,(H2,13,16)(H,14,15). The van der Waals surface area contributed by atoms with Gasteiger partial charge in [0.25, 0.3) is 5.91 Å². The van der Waals surface area contributed by atoms with Gasteiger partial charge in [-0.05, 0) is 29.7 Å². The quantitative estimate of drug-likeness (QED) is 0.699. The number of thiophene rings is 1. The predicted octanol–water partition coefficient (Wildman–Crippen LogP) is 1.11. The van der Waals surface area contributed by atoms with Gasteiger partial charge in [0, 0.05) is 0 Å². The first-order valence-corrected chi connectivity index (χ1v) is 7.53. The molecule has 1 aromatic rings. The zero-order chi connectivity index (χ0) is 13.5. The molecule has 0 fully saturated rings. The zero-order valence-corrected chi connectivity index (χ0v) is 11.8. The molecule has 1 aromatic heterocycles. The van der Waals surface area contributed by atoms with Crippen molar-refractivity contribution in [2.24, 2.45) is 17.4 Å². The number of carbonyl (C=O) groups is 2. The minimum Gasteiger partial charge on any atom is -0.366 e. The average molecular weight is 287 g/mol. The molecule has 0 saturated heterocycles. The molecule has 5 nitrogen and oxygen atoms in total. The number of carbonyl (C=O) groups excluding carboxylic acids is 2. The Morgan fingerprint density at radius 2 is 2.28 bits per heavy atom. The molecule has 1 atom stereocenters. The van der Waals surface area contributed by atoms with Crippen LogP contribution in [-0.2, 0) is 4.79 Å². The van der Waals surface area contributed by atoms with Crippen LogP contribution in [0.3, 0.4) is 0 Å². The monoisotopic (exact) mass is 287 g/mol. The van der Waals surface area contributed by atoms with Gasteiger partial charge in [-0.1, -0.05) is 6.92 Å². The molecule has 0 spiro atoms. The van der Waals surface area contributed by atoms with E-state index < -0.39 is 5.91 Å². The first-order valence-electron chi connectivity index (χ1n) is 5.49. The first-order chi connectivity index (χ1) is 8.54. The molecule has 0 aromatic carbocycles. The molecule has 0 aliphatic rings. The third-order valence-corrected chi connectivity index (χ3v) is 4.32. The summed E-state index contributed by atoms with van der Waals surface area (Å²) in [6.45, 7) is 2.65. The van der Waals surface area contributed by atoms with Gasteiger partial charge < -0.3 is 16.8 Å². The lowest BCUT2D eigenvalue weighted by Crippen LogP contribution is -2.19. The van der Waals surface area contributed by atoms with Crippen molar-refractivity contribution in [1.82, 2.24) is 0 Å². The number of hydrogen-bond acceptors (Lipinski definition) is 5. The Morgan fingerprint density at radius 1 is 1.56 bits per heavy atom. The van der Waals surface area contributed by atoms with E-state index in [-0.39, 0.29) is 5.91 Å². The maximum absolute atomic E-state index is 11.6. The molecule has 1 rings (SSSR count). The number of anilines is 1. The second-order valence-corrected chi connectivity index (χ2v) is 5.88. The van der Waals surface area contributed by atoms with Gasteiger partial charge in [0.15, 0.2) is 0 Å². The third kappa shape index (κ3) is 4.67.